The molecule has 6 heteroatoms. The molecule has 0 saturated carbocycles. The van der Waals surface area contributed by atoms with Gasteiger partial charge in [-0.1, -0.05) is 23.8 Å². The number of carbonyl (C=O) groups excluding carboxylic acids is 1. The highest BCUT2D eigenvalue weighted by atomic mass is 16.5. The minimum Gasteiger partial charge on any atom is -0.493 e. The molecule has 6 nitrogen and oxygen atoms in total. The van der Waals surface area contributed by atoms with Crippen LogP contribution in [0.2, 0.25) is 0 Å². The standard InChI is InChI=1S/C25H21N2O4/c1-14-9-10-19-18(11-14)22(15-12-20(29-2)23(31-4)21(13-15)30-3)26-24-16-7-5-6-8-17(16)25(28)27(19)24/h5-13H,1-4H3/q+1. The van der Waals surface area contributed by atoms with Gasteiger partial charge in [0, 0.05) is 5.56 Å². The van der Waals surface area contributed by atoms with Crippen LogP contribution in [-0.4, -0.2) is 32.2 Å². The summed E-state index contributed by atoms with van der Waals surface area (Å²) in [5.74, 6) is 2.17. The van der Waals surface area contributed by atoms with Crippen molar-refractivity contribution in [1.82, 2.24) is 4.98 Å². The van der Waals surface area contributed by atoms with Crippen LogP contribution >= 0.6 is 0 Å². The molecule has 31 heavy (non-hydrogen) atoms. The van der Waals surface area contributed by atoms with Gasteiger partial charge in [-0.25, -0.2) is 4.79 Å². The van der Waals surface area contributed by atoms with Gasteiger partial charge in [-0.2, -0.15) is 4.57 Å². The van der Waals surface area contributed by atoms with Crippen molar-refractivity contribution in [2.24, 2.45) is 0 Å². The molecule has 0 amide bonds. The second-order valence-corrected chi connectivity index (χ2v) is 7.40. The average Bonchev–Trinajstić information content (AvgIpc) is 3.09. The van der Waals surface area contributed by atoms with Gasteiger partial charge in [-0.05, 0) is 48.3 Å². The summed E-state index contributed by atoms with van der Waals surface area (Å²) in [4.78, 5) is 18.2. The lowest BCUT2D eigenvalue weighted by molar-refractivity contribution is -0.529. The zero-order chi connectivity index (χ0) is 21.7. The second-order valence-electron chi connectivity index (χ2n) is 7.40. The summed E-state index contributed by atoms with van der Waals surface area (Å²) in [7, 11) is 4.75. The monoisotopic (exact) mass is 413 g/mol. The van der Waals surface area contributed by atoms with E-state index < -0.39 is 0 Å². The SMILES string of the molecule is COc1cc(-c2nc3[n+](c4ccc(C)cc24)C(=O)c2ccccc2-3)cc(OC)c1OC. The zero-order valence-corrected chi connectivity index (χ0v) is 17.7. The quantitative estimate of drug-likeness (QED) is 0.414. The molecular formula is C25H21N2O4+. The van der Waals surface area contributed by atoms with Crippen LogP contribution in [0.4, 0.5) is 0 Å². The van der Waals surface area contributed by atoms with Crippen LogP contribution in [0.3, 0.4) is 0 Å². The van der Waals surface area contributed by atoms with Crippen LogP contribution < -0.4 is 18.8 Å². The lowest BCUT2D eigenvalue weighted by Gasteiger charge is -2.14. The molecule has 0 spiro atoms. The van der Waals surface area contributed by atoms with E-state index in [2.05, 4.69) is 0 Å². The fourth-order valence-corrected chi connectivity index (χ4v) is 4.17. The Balaban J connectivity index is 1.88. The fourth-order valence-electron chi connectivity index (χ4n) is 4.17. The third-order valence-corrected chi connectivity index (χ3v) is 5.62. The lowest BCUT2D eigenvalue weighted by Crippen LogP contribution is -2.42. The molecule has 154 valence electrons. The molecule has 2 heterocycles. The summed E-state index contributed by atoms with van der Waals surface area (Å²) in [6.07, 6.45) is 0. The lowest BCUT2D eigenvalue weighted by atomic mass is 10.0. The first-order valence-electron chi connectivity index (χ1n) is 9.88. The Morgan fingerprint density at radius 2 is 1.52 bits per heavy atom. The molecular weight excluding hydrogens is 392 g/mol. The first-order valence-corrected chi connectivity index (χ1v) is 9.88. The molecule has 0 radical (unpaired) electrons. The Morgan fingerprint density at radius 1 is 0.839 bits per heavy atom. The van der Waals surface area contributed by atoms with E-state index in [0.717, 1.165) is 33.3 Å². The Labute approximate surface area is 179 Å². The van der Waals surface area contributed by atoms with E-state index in [-0.39, 0.29) is 5.91 Å². The first-order chi connectivity index (χ1) is 15.1. The van der Waals surface area contributed by atoms with Crippen LogP contribution in [0.25, 0.3) is 33.5 Å². The maximum Gasteiger partial charge on any atom is 0.347 e. The number of aryl methyl sites for hydroxylation is 1. The predicted octanol–water partition coefficient (Wildman–Crippen LogP) is 4.19. The molecule has 0 N–H and O–H groups in total. The van der Waals surface area contributed by atoms with E-state index in [9.17, 15) is 4.79 Å². The van der Waals surface area contributed by atoms with Gasteiger partial charge in [0.1, 0.15) is 5.52 Å². The van der Waals surface area contributed by atoms with Gasteiger partial charge in [-0.15, -0.1) is 0 Å². The van der Waals surface area contributed by atoms with Crippen molar-refractivity contribution in [1.29, 1.82) is 0 Å². The van der Waals surface area contributed by atoms with Gasteiger partial charge in [0.25, 0.3) is 0 Å². The Hall–Kier alpha value is -3.93. The van der Waals surface area contributed by atoms with E-state index in [1.165, 1.54) is 0 Å². The predicted molar refractivity (Wildman–Crippen MR) is 117 cm³/mol. The van der Waals surface area contributed by atoms with Crippen LogP contribution in [0.15, 0.2) is 54.6 Å². The van der Waals surface area contributed by atoms with Crippen LogP contribution in [0, 0.1) is 6.92 Å². The molecule has 1 aliphatic heterocycles. The maximum absolute atomic E-state index is 13.2. The largest absolute Gasteiger partial charge is 0.493 e. The van der Waals surface area contributed by atoms with Crippen molar-refractivity contribution < 1.29 is 23.6 Å². The number of rotatable bonds is 4. The van der Waals surface area contributed by atoms with Gasteiger partial charge in [-0.3, -0.25) is 0 Å². The van der Waals surface area contributed by atoms with Gasteiger partial charge < -0.3 is 14.2 Å². The highest BCUT2D eigenvalue weighted by molar-refractivity contribution is 6.03. The molecule has 4 aromatic rings. The summed E-state index contributed by atoms with van der Waals surface area (Å²) in [6.45, 7) is 2.02. The minimum absolute atomic E-state index is 0.0663. The molecule has 0 saturated heterocycles. The fraction of sp³-hybridized carbons (Fsp3) is 0.160. The van der Waals surface area contributed by atoms with Crippen molar-refractivity contribution in [3.05, 3.63) is 65.7 Å². The number of nitrogens with zero attached hydrogens (tertiary/aromatic N) is 2. The molecule has 1 aliphatic rings. The zero-order valence-electron chi connectivity index (χ0n) is 17.7. The van der Waals surface area contributed by atoms with E-state index >= 15 is 0 Å². The van der Waals surface area contributed by atoms with Crippen LogP contribution in [0.5, 0.6) is 17.2 Å². The van der Waals surface area contributed by atoms with E-state index in [4.69, 9.17) is 19.2 Å². The van der Waals surface area contributed by atoms with Crippen LogP contribution in [0.1, 0.15) is 15.9 Å². The molecule has 5 rings (SSSR count). The van der Waals surface area contributed by atoms with Gasteiger partial charge in [0.05, 0.1) is 37.8 Å². The van der Waals surface area contributed by atoms with Crippen molar-refractivity contribution in [3.63, 3.8) is 0 Å². The Bertz CT molecular complexity index is 1350. The third kappa shape index (κ3) is 2.75. The van der Waals surface area contributed by atoms with E-state index in [0.29, 0.717) is 28.6 Å². The summed E-state index contributed by atoms with van der Waals surface area (Å²) < 4.78 is 18.3. The maximum atomic E-state index is 13.2. The summed E-state index contributed by atoms with van der Waals surface area (Å²) >= 11 is 0. The molecule has 0 fully saturated rings. The van der Waals surface area contributed by atoms with E-state index in [1.54, 1.807) is 25.9 Å². The average molecular weight is 413 g/mol. The molecule has 1 aromatic heterocycles. The summed E-state index contributed by atoms with van der Waals surface area (Å²) in [5.41, 5.74) is 4.91. The topological polar surface area (TPSA) is 61.5 Å². The van der Waals surface area contributed by atoms with Crippen molar-refractivity contribution >= 4 is 16.8 Å². The van der Waals surface area contributed by atoms with Crippen molar-refractivity contribution in [2.75, 3.05) is 21.3 Å². The number of hydrogen-bond acceptors (Lipinski definition) is 5. The number of methoxy groups -OCH3 is 3. The van der Waals surface area contributed by atoms with Gasteiger partial charge in [0.15, 0.2) is 17.2 Å². The normalized spacial score (nSPS) is 11.9. The van der Waals surface area contributed by atoms with Gasteiger partial charge >= 0.3 is 11.7 Å². The van der Waals surface area contributed by atoms with Gasteiger partial charge in [0.2, 0.25) is 5.75 Å². The Morgan fingerprint density at radius 3 is 2.16 bits per heavy atom. The van der Waals surface area contributed by atoms with Crippen LogP contribution in [-0.2, 0) is 0 Å². The van der Waals surface area contributed by atoms with Crippen molar-refractivity contribution in [2.45, 2.75) is 6.92 Å². The molecule has 0 aliphatic carbocycles. The third-order valence-electron chi connectivity index (χ3n) is 5.62. The smallest absolute Gasteiger partial charge is 0.347 e. The number of benzene rings is 3. The second kappa shape index (κ2) is 7.09. The minimum atomic E-state index is -0.0663. The van der Waals surface area contributed by atoms with E-state index in [1.807, 2.05) is 61.5 Å². The molecule has 0 bridgehead atoms. The number of hydrogen-bond donors (Lipinski definition) is 0. The molecule has 0 unspecified atom stereocenters. The summed E-state index contributed by atoms with van der Waals surface area (Å²) in [6, 6.07) is 17.3. The Kier molecular flexibility index (Phi) is 4.36. The number of fused-ring (bicyclic) bond motifs is 5. The van der Waals surface area contributed by atoms with Crippen molar-refractivity contribution in [3.8, 4) is 39.9 Å². The first kappa shape index (κ1) is 19.1. The number of ether oxygens (including phenoxy) is 3. The highest BCUT2D eigenvalue weighted by Gasteiger charge is 2.38. The number of aromatic nitrogens is 2. The summed E-state index contributed by atoms with van der Waals surface area (Å²) in [5, 5.41) is 0.874. The highest BCUT2D eigenvalue weighted by Crippen LogP contribution is 2.42. The molecule has 3 aromatic carbocycles. The number of carbonyl (C=O) groups is 1. The molecule has 0 atom stereocenters.